The number of hydrogen-bond acceptors (Lipinski definition) is 19. The van der Waals surface area contributed by atoms with E-state index in [9.17, 15) is 62.8 Å². The Morgan fingerprint density at radius 2 is 1.52 bits per heavy atom. The number of aliphatic carboxylic acids is 1. The molecule has 1 aliphatic carbocycles. The lowest BCUT2D eigenvalue weighted by molar-refractivity contribution is -0.438. The first-order valence-electron chi connectivity index (χ1n) is 29.6. The summed E-state index contributed by atoms with van der Waals surface area (Å²) in [5, 5.41) is 26.0. The van der Waals surface area contributed by atoms with Crippen molar-refractivity contribution >= 4 is 91.4 Å². The highest BCUT2D eigenvalue weighted by molar-refractivity contribution is 7.91. The second-order valence-corrected chi connectivity index (χ2v) is 32.0. The molecule has 488 valence electrons. The lowest BCUT2D eigenvalue weighted by atomic mass is 9.81. The number of aliphatic hydroxyl groups is 1. The van der Waals surface area contributed by atoms with Crippen LogP contribution in [-0.4, -0.2) is 140 Å². The Morgan fingerprint density at radius 3 is 2.20 bits per heavy atom. The standard InChI is InChI=1S/C64H73N9O15S4/c1-63(2)49-35-47(90(6,81)82)24-26-52(49)72(30-7-9-32-89(5,79)80)54(63)28-18-41-12-11-13-42(19-29-55-64(3,4)50-36-48(91(83,84)39-74)25-27-53(50)73(55)31-8-10-33-92(85,86)87)57(41)88-46-22-14-40(15-23-46)34-51(61(77)78)69-59(75)43-16-20-44(21-17-43)66-37-45-38-67-58-56(68-45)60(76)71-62(65)70-58/h14-29,35-36,38,51,74H,7-13,30-34,37,39H2,1-6H3,(H6-,65,66,67,69,70,71,75,76,77,78,85,86,87)/p+1/t51-/m0/s1. The van der Waals surface area contributed by atoms with E-state index >= 15 is 0 Å². The maximum atomic E-state index is 13.5. The van der Waals surface area contributed by atoms with Crippen molar-refractivity contribution in [3.8, 4) is 5.75 Å². The van der Waals surface area contributed by atoms with Crippen LogP contribution in [-0.2, 0) is 68.2 Å². The number of ether oxygens (including phenoxy) is 1. The van der Waals surface area contributed by atoms with E-state index in [4.69, 9.17) is 10.5 Å². The summed E-state index contributed by atoms with van der Waals surface area (Å²) in [4.78, 5) is 55.5. The van der Waals surface area contributed by atoms with Crippen molar-refractivity contribution in [1.82, 2.24) is 25.3 Å². The predicted octanol–water partition coefficient (Wildman–Crippen LogP) is 7.01. The number of sulfone groups is 3. The summed E-state index contributed by atoms with van der Waals surface area (Å²) >= 11 is 0. The van der Waals surface area contributed by atoms with Gasteiger partial charge in [-0.15, -0.1) is 0 Å². The SMILES string of the molecule is CC1(C)C(=CC=C2CCCC(C=CC3=[N+](CCCCS(C)(=O)=O)c4ccc(S(C)(=O)=O)cc4C3(C)C)=C2Oc2ccc(C[C@H](NC(=O)c3ccc(NCc4cnc5nc(N)[nH]c(=O)c5n4)cc3)C(=O)O)cc2)N(CCCCS(=O)(=O)O)c2ccc(S(=O)(=O)CO)cc21. The molecule has 4 aromatic carbocycles. The number of hydrogen-bond donors (Lipinski definition) is 7. The number of benzene rings is 4. The van der Waals surface area contributed by atoms with Gasteiger partial charge in [-0.1, -0.05) is 32.1 Å². The summed E-state index contributed by atoms with van der Waals surface area (Å²) in [6.07, 6.45) is 14.6. The summed E-state index contributed by atoms with van der Waals surface area (Å²) in [6, 6.07) is 21.4. The number of nitrogens with zero attached hydrogens (tertiary/aromatic N) is 5. The minimum atomic E-state index is -4.25. The van der Waals surface area contributed by atoms with E-state index in [1.54, 1.807) is 66.7 Å². The van der Waals surface area contributed by atoms with Crippen LogP contribution in [0.15, 0.2) is 153 Å². The summed E-state index contributed by atoms with van der Waals surface area (Å²) in [5.41, 5.74) is 11.4. The number of allylic oxidation sites excluding steroid dienone is 7. The molecule has 4 heterocycles. The maximum absolute atomic E-state index is 13.5. The number of aliphatic hydroxyl groups excluding tert-OH is 1. The number of carboxylic acids is 1. The highest BCUT2D eigenvalue weighted by Gasteiger charge is 2.45. The third-order valence-corrected chi connectivity index (χ3v) is 20.8. The first kappa shape index (κ1) is 68.0. The van der Waals surface area contributed by atoms with E-state index in [0.717, 1.165) is 40.1 Å². The van der Waals surface area contributed by atoms with Crippen LogP contribution in [0.4, 0.5) is 23.0 Å². The molecule has 1 atom stereocenters. The monoisotopic (exact) mass is 1340 g/mol. The number of nitrogens with two attached hydrogens (primary N) is 1. The average molecular weight is 1340 g/mol. The number of aromatic nitrogens is 4. The summed E-state index contributed by atoms with van der Waals surface area (Å²) in [6.45, 7) is 8.77. The topological polar surface area (TPSA) is 368 Å². The van der Waals surface area contributed by atoms with Crippen LogP contribution in [0.2, 0.25) is 0 Å². The zero-order chi connectivity index (χ0) is 66.7. The number of nitrogens with one attached hydrogen (secondary N) is 3. The molecule has 24 nitrogen and oxygen atoms in total. The number of carbonyl (C=O) groups is 2. The van der Waals surface area contributed by atoms with Gasteiger partial charge in [0.2, 0.25) is 21.5 Å². The van der Waals surface area contributed by atoms with Gasteiger partial charge in [0.1, 0.15) is 39.9 Å². The number of anilines is 3. The third kappa shape index (κ3) is 15.9. The van der Waals surface area contributed by atoms with Crippen molar-refractivity contribution in [2.24, 2.45) is 0 Å². The molecule has 1 amide bonds. The van der Waals surface area contributed by atoms with Crippen LogP contribution in [0.1, 0.15) is 105 Å². The minimum absolute atomic E-state index is 0.00244. The van der Waals surface area contributed by atoms with Gasteiger partial charge in [-0.25, -0.2) is 40.0 Å². The van der Waals surface area contributed by atoms with Gasteiger partial charge in [0.25, 0.3) is 21.6 Å². The predicted molar refractivity (Wildman–Crippen MR) is 350 cm³/mol. The number of fused-ring (bicyclic) bond motifs is 3. The lowest BCUT2D eigenvalue weighted by Crippen LogP contribution is -2.42. The van der Waals surface area contributed by atoms with Gasteiger partial charge in [-0.05, 0) is 154 Å². The first-order valence-corrected chi connectivity index (χ1v) is 36.8. The van der Waals surface area contributed by atoms with Gasteiger partial charge in [0.15, 0.2) is 26.7 Å². The van der Waals surface area contributed by atoms with Crippen LogP contribution >= 0.6 is 0 Å². The first-order chi connectivity index (χ1) is 43.2. The van der Waals surface area contributed by atoms with Crippen LogP contribution in [0, 0.1) is 0 Å². The van der Waals surface area contributed by atoms with Crippen molar-refractivity contribution in [3.63, 3.8) is 0 Å². The normalized spacial score (nSPS) is 17.0. The minimum Gasteiger partial charge on any atom is -0.480 e. The van der Waals surface area contributed by atoms with Gasteiger partial charge in [0, 0.05) is 77.7 Å². The molecule has 2 aromatic heterocycles. The van der Waals surface area contributed by atoms with Gasteiger partial charge < -0.3 is 36.2 Å². The van der Waals surface area contributed by atoms with E-state index in [1.807, 2.05) is 56.9 Å². The van der Waals surface area contributed by atoms with Gasteiger partial charge in [-0.2, -0.15) is 18.0 Å². The van der Waals surface area contributed by atoms with E-state index in [2.05, 4.69) is 35.1 Å². The molecule has 6 aromatic rings. The molecular formula is C64H74N9O15S4+. The fourth-order valence-electron chi connectivity index (χ4n) is 11.7. The van der Waals surface area contributed by atoms with Crippen molar-refractivity contribution in [2.75, 3.05) is 59.0 Å². The second kappa shape index (κ2) is 27.0. The molecule has 0 radical (unpaired) electrons. The van der Waals surface area contributed by atoms with Crippen LogP contribution in [0.5, 0.6) is 5.75 Å². The summed E-state index contributed by atoms with van der Waals surface area (Å²) < 4.78 is 118. The number of rotatable bonds is 26. The molecule has 2 aliphatic heterocycles. The third-order valence-electron chi connectivity index (χ3n) is 16.5. The highest BCUT2D eigenvalue weighted by atomic mass is 32.2. The smallest absolute Gasteiger partial charge is 0.326 e. The molecule has 9 rings (SSSR count). The Labute approximate surface area is 534 Å². The van der Waals surface area contributed by atoms with E-state index in [1.165, 1.54) is 30.7 Å². The Balaban J connectivity index is 1.03. The van der Waals surface area contributed by atoms with E-state index < -0.39 is 85.6 Å². The number of aromatic amines is 1. The van der Waals surface area contributed by atoms with Crippen LogP contribution in [0.3, 0.4) is 0 Å². The van der Waals surface area contributed by atoms with Gasteiger partial charge >= 0.3 is 5.97 Å². The number of carbonyl (C=O) groups excluding carboxylic acids is 1. The highest BCUT2D eigenvalue weighted by Crippen LogP contribution is 2.49. The van der Waals surface area contributed by atoms with E-state index in [0.29, 0.717) is 91.3 Å². The fraction of sp³-hybridized carbons (Fsp3) is 0.359. The molecule has 92 heavy (non-hydrogen) atoms. The quantitative estimate of drug-likeness (QED) is 0.0163. The number of carboxylic acid groups (broad SMARTS) is 1. The zero-order valence-electron chi connectivity index (χ0n) is 51.6. The number of amides is 1. The van der Waals surface area contributed by atoms with E-state index in [-0.39, 0.29) is 57.6 Å². The molecule has 0 saturated carbocycles. The number of nitrogen functional groups attached to an aromatic ring is 1. The molecule has 0 unspecified atom stereocenters. The summed E-state index contributed by atoms with van der Waals surface area (Å²) in [7, 11) is -15.1. The number of H-pyrrole nitrogens is 1. The van der Waals surface area contributed by atoms with Crippen LogP contribution < -0.4 is 31.6 Å². The zero-order valence-corrected chi connectivity index (χ0v) is 54.9. The molecular weight excluding hydrogens is 1260 g/mol. The molecule has 3 aliphatic rings. The van der Waals surface area contributed by atoms with Crippen molar-refractivity contribution in [3.05, 3.63) is 176 Å². The largest absolute Gasteiger partial charge is 0.480 e. The molecule has 0 spiro atoms. The molecule has 8 N–H and O–H groups in total. The van der Waals surface area contributed by atoms with Crippen LogP contribution in [0.25, 0.3) is 11.2 Å². The molecule has 0 saturated heterocycles. The molecule has 0 bridgehead atoms. The fourth-order valence-corrected chi connectivity index (χ4v) is 14.3. The Morgan fingerprint density at radius 1 is 0.826 bits per heavy atom. The second-order valence-electron chi connectivity index (χ2n) is 24.2. The summed E-state index contributed by atoms with van der Waals surface area (Å²) in [5.74, 6) is -2.66. The molecule has 0 fully saturated rings. The lowest BCUT2D eigenvalue weighted by Gasteiger charge is -2.27. The van der Waals surface area contributed by atoms with Crippen molar-refractivity contribution < 1.29 is 67.3 Å². The van der Waals surface area contributed by atoms with Gasteiger partial charge in [-0.3, -0.25) is 19.1 Å². The Kier molecular flexibility index (Phi) is 20.0. The van der Waals surface area contributed by atoms with Gasteiger partial charge in [0.05, 0.1) is 45.1 Å². The van der Waals surface area contributed by atoms with Crippen molar-refractivity contribution in [1.29, 1.82) is 0 Å². The number of unbranched alkanes of at least 4 members (excludes halogenated alkanes) is 2. The average Bonchev–Trinajstić information content (AvgIpc) is 1.59. The van der Waals surface area contributed by atoms with Crippen molar-refractivity contribution in [2.45, 2.75) is 112 Å². The Hall–Kier alpha value is -8.41. The Bertz CT molecular complexity index is 4600. The molecule has 28 heteroatoms. The maximum Gasteiger partial charge on any atom is 0.326 e.